The summed E-state index contributed by atoms with van der Waals surface area (Å²) in [5, 5.41) is 0. The molecule has 1 aromatic rings. The van der Waals surface area contributed by atoms with E-state index in [1.807, 2.05) is 18.3 Å². The first-order chi connectivity index (χ1) is 7.75. The van der Waals surface area contributed by atoms with Gasteiger partial charge in [-0.15, -0.1) is 0 Å². The van der Waals surface area contributed by atoms with Crippen molar-refractivity contribution in [2.45, 2.75) is 38.7 Å². The minimum Gasteiger partial charge on any atom is -0.474 e. The van der Waals surface area contributed by atoms with Crippen molar-refractivity contribution in [2.24, 2.45) is 0 Å². The Balaban J connectivity index is 2.00. The number of rotatable bonds is 3. The Morgan fingerprint density at radius 2 is 2.12 bits per heavy atom. The van der Waals surface area contributed by atoms with Crippen molar-refractivity contribution in [2.75, 3.05) is 13.2 Å². The van der Waals surface area contributed by atoms with Gasteiger partial charge in [0.25, 0.3) is 0 Å². The minimum absolute atomic E-state index is 0.267. The predicted molar refractivity (Wildman–Crippen MR) is 62.8 cm³/mol. The summed E-state index contributed by atoms with van der Waals surface area (Å²) in [6.07, 6.45) is 4.02. The minimum atomic E-state index is 0.267. The van der Waals surface area contributed by atoms with Crippen molar-refractivity contribution in [3.8, 4) is 5.88 Å². The fourth-order valence-corrected chi connectivity index (χ4v) is 1.81. The van der Waals surface area contributed by atoms with Crippen LogP contribution in [0.15, 0.2) is 18.3 Å². The average molecular weight is 221 g/mol. The molecule has 0 aromatic carbocycles. The zero-order valence-electron chi connectivity index (χ0n) is 9.98. The number of hydrogen-bond acceptors (Lipinski definition) is 3. The highest BCUT2D eigenvalue weighted by molar-refractivity contribution is 5.23. The Labute approximate surface area is 96.8 Å². The fraction of sp³-hybridized carbons (Fsp3) is 0.615. The van der Waals surface area contributed by atoms with E-state index in [2.05, 4.69) is 18.8 Å². The van der Waals surface area contributed by atoms with Gasteiger partial charge in [0.2, 0.25) is 5.88 Å². The molecule has 0 N–H and O–H groups in total. The van der Waals surface area contributed by atoms with Gasteiger partial charge in [-0.1, -0.05) is 13.8 Å². The second kappa shape index (κ2) is 5.30. The lowest BCUT2D eigenvalue weighted by molar-refractivity contribution is 0.0237. The maximum Gasteiger partial charge on any atom is 0.213 e. The van der Waals surface area contributed by atoms with Crippen LogP contribution in [-0.2, 0) is 4.74 Å². The molecule has 3 heteroatoms. The molecule has 1 aliphatic heterocycles. The summed E-state index contributed by atoms with van der Waals surface area (Å²) in [5.74, 6) is 1.26. The molecule has 1 aromatic heterocycles. The van der Waals surface area contributed by atoms with Crippen LogP contribution in [0.25, 0.3) is 0 Å². The molecule has 0 spiro atoms. The van der Waals surface area contributed by atoms with E-state index in [4.69, 9.17) is 9.47 Å². The molecule has 0 amide bonds. The lowest BCUT2D eigenvalue weighted by Crippen LogP contribution is -2.26. The third-order valence-electron chi connectivity index (χ3n) is 2.88. The third kappa shape index (κ3) is 2.95. The van der Waals surface area contributed by atoms with E-state index in [1.165, 1.54) is 5.56 Å². The maximum atomic E-state index is 5.86. The molecule has 0 bridgehead atoms. The second-order valence-electron chi connectivity index (χ2n) is 4.51. The van der Waals surface area contributed by atoms with Crippen molar-refractivity contribution < 1.29 is 9.47 Å². The summed E-state index contributed by atoms with van der Waals surface area (Å²) < 4.78 is 11.2. The average Bonchev–Trinajstić information content (AvgIpc) is 2.30. The van der Waals surface area contributed by atoms with Crippen molar-refractivity contribution in [3.63, 3.8) is 0 Å². The topological polar surface area (TPSA) is 31.4 Å². The van der Waals surface area contributed by atoms with E-state index in [-0.39, 0.29) is 6.10 Å². The monoisotopic (exact) mass is 221 g/mol. The van der Waals surface area contributed by atoms with Crippen LogP contribution in [0, 0.1) is 0 Å². The van der Waals surface area contributed by atoms with E-state index in [0.717, 1.165) is 31.9 Å². The highest BCUT2D eigenvalue weighted by Gasteiger charge is 2.15. The first-order valence-electron chi connectivity index (χ1n) is 5.96. The molecular formula is C13H19NO2. The summed E-state index contributed by atoms with van der Waals surface area (Å²) in [4.78, 5) is 4.25. The van der Waals surface area contributed by atoms with Gasteiger partial charge in [-0.25, -0.2) is 4.98 Å². The molecule has 1 aliphatic rings. The molecule has 16 heavy (non-hydrogen) atoms. The zero-order valence-corrected chi connectivity index (χ0v) is 9.98. The van der Waals surface area contributed by atoms with Crippen molar-refractivity contribution in [1.29, 1.82) is 0 Å². The van der Waals surface area contributed by atoms with E-state index < -0.39 is 0 Å². The van der Waals surface area contributed by atoms with Gasteiger partial charge in [0.05, 0.1) is 13.2 Å². The van der Waals surface area contributed by atoms with Crippen LogP contribution < -0.4 is 4.74 Å². The number of pyridine rings is 1. The molecule has 2 heterocycles. The van der Waals surface area contributed by atoms with Crippen LogP contribution in [0.5, 0.6) is 5.88 Å². The summed E-state index contributed by atoms with van der Waals surface area (Å²) in [6, 6.07) is 4.08. The van der Waals surface area contributed by atoms with E-state index >= 15 is 0 Å². The molecule has 0 unspecified atom stereocenters. The molecule has 0 saturated carbocycles. The standard InChI is InChI=1S/C13H19NO2/c1-10(2)11-3-6-14-13(9-11)16-12-4-7-15-8-5-12/h3,6,9-10,12H,4-5,7-8H2,1-2H3. The fourth-order valence-electron chi connectivity index (χ4n) is 1.81. The maximum absolute atomic E-state index is 5.86. The van der Waals surface area contributed by atoms with Crippen LogP contribution in [0.4, 0.5) is 0 Å². The quantitative estimate of drug-likeness (QED) is 0.786. The predicted octanol–water partition coefficient (Wildman–Crippen LogP) is 2.76. The number of aromatic nitrogens is 1. The summed E-state index contributed by atoms with van der Waals surface area (Å²) in [6.45, 7) is 5.95. The number of hydrogen-bond donors (Lipinski definition) is 0. The van der Waals surface area contributed by atoms with Crippen molar-refractivity contribution in [3.05, 3.63) is 23.9 Å². The van der Waals surface area contributed by atoms with E-state index in [9.17, 15) is 0 Å². The molecule has 1 saturated heterocycles. The van der Waals surface area contributed by atoms with Crippen molar-refractivity contribution in [1.82, 2.24) is 4.98 Å². The smallest absolute Gasteiger partial charge is 0.213 e. The van der Waals surface area contributed by atoms with Crippen LogP contribution >= 0.6 is 0 Å². The van der Waals surface area contributed by atoms with Gasteiger partial charge in [-0.2, -0.15) is 0 Å². The molecular weight excluding hydrogens is 202 g/mol. The van der Waals surface area contributed by atoms with Gasteiger partial charge in [-0.3, -0.25) is 0 Å². The largest absolute Gasteiger partial charge is 0.474 e. The molecule has 0 atom stereocenters. The van der Waals surface area contributed by atoms with Gasteiger partial charge >= 0.3 is 0 Å². The molecule has 3 nitrogen and oxygen atoms in total. The Kier molecular flexibility index (Phi) is 3.78. The lowest BCUT2D eigenvalue weighted by Gasteiger charge is -2.23. The van der Waals surface area contributed by atoms with Gasteiger partial charge in [0.1, 0.15) is 6.10 Å². The second-order valence-corrected chi connectivity index (χ2v) is 4.51. The molecule has 2 rings (SSSR count). The lowest BCUT2D eigenvalue weighted by atomic mass is 10.1. The van der Waals surface area contributed by atoms with Gasteiger partial charge < -0.3 is 9.47 Å². The Morgan fingerprint density at radius 3 is 2.81 bits per heavy atom. The SMILES string of the molecule is CC(C)c1ccnc(OC2CCOCC2)c1. The molecule has 0 radical (unpaired) electrons. The highest BCUT2D eigenvalue weighted by Crippen LogP contribution is 2.20. The summed E-state index contributed by atoms with van der Waals surface area (Å²) >= 11 is 0. The normalized spacial score (nSPS) is 17.7. The van der Waals surface area contributed by atoms with Crippen LogP contribution in [-0.4, -0.2) is 24.3 Å². The van der Waals surface area contributed by atoms with Crippen LogP contribution in [0.2, 0.25) is 0 Å². The molecule has 1 fully saturated rings. The Hall–Kier alpha value is -1.09. The zero-order chi connectivity index (χ0) is 11.4. The first kappa shape index (κ1) is 11.4. The van der Waals surface area contributed by atoms with Gasteiger partial charge in [0, 0.05) is 25.1 Å². The van der Waals surface area contributed by atoms with Gasteiger partial charge in [-0.05, 0) is 17.5 Å². The van der Waals surface area contributed by atoms with E-state index in [1.54, 1.807) is 0 Å². The first-order valence-corrected chi connectivity index (χ1v) is 5.96. The van der Waals surface area contributed by atoms with Crippen LogP contribution in [0.1, 0.15) is 38.2 Å². The Bertz CT molecular complexity index is 332. The third-order valence-corrected chi connectivity index (χ3v) is 2.88. The molecule has 88 valence electrons. The molecule has 0 aliphatic carbocycles. The van der Waals surface area contributed by atoms with Crippen molar-refractivity contribution >= 4 is 0 Å². The number of nitrogens with zero attached hydrogens (tertiary/aromatic N) is 1. The highest BCUT2D eigenvalue weighted by atomic mass is 16.5. The Morgan fingerprint density at radius 1 is 1.38 bits per heavy atom. The van der Waals surface area contributed by atoms with Gasteiger partial charge in [0.15, 0.2) is 0 Å². The summed E-state index contributed by atoms with van der Waals surface area (Å²) in [5.41, 5.74) is 1.28. The van der Waals surface area contributed by atoms with E-state index in [0.29, 0.717) is 5.92 Å². The van der Waals surface area contributed by atoms with Crippen LogP contribution in [0.3, 0.4) is 0 Å². The summed E-state index contributed by atoms with van der Waals surface area (Å²) in [7, 11) is 0. The number of ether oxygens (including phenoxy) is 2.